The van der Waals surface area contributed by atoms with E-state index in [1.54, 1.807) is 0 Å². The van der Waals surface area contributed by atoms with Gasteiger partial charge in [0.2, 0.25) is 0 Å². The van der Waals surface area contributed by atoms with E-state index in [1.165, 1.54) is 173 Å². The third-order valence-corrected chi connectivity index (χ3v) is 13.3. The minimum Gasteiger partial charge on any atom is -0.462 e. The molecule has 0 heterocycles. The zero-order valence-corrected chi connectivity index (χ0v) is 46.5. The fourth-order valence-corrected chi connectivity index (χ4v) is 8.72. The van der Waals surface area contributed by atoms with Crippen molar-refractivity contribution in [2.45, 2.75) is 316 Å². The molecule has 0 N–H and O–H groups in total. The van der Waals surface area contributed by atoms with Crippen molar-refractivity contribution in [2.24, 2.45) is 0 Å². The van der Waals surface area contributed by atoms with Crippen LogP contribution in [0.1, 0.15) is 310 Å². The molecule has 0 radical (unpaired) electrons. The average molecular weight is 980 g/mol. The van der Waals surface area contributed by atoms with Crippen LogP contribution in [0, 0.1) is 0 Å². The van der Waals surface area contributed by atoms with Gasteiger partial charge < -0.3 is 14.2 Å². The lowest BCUT2D eigenvalue weighted by atomic mass is 10.0. The lowest BCUT2D eigenvalue weighted by molar-refractivity contribution is -0.167. The molecular formula is C64H114O6. The first-order valence-corrected chi connectivity index (χ1v) is 30.3. The summed E-state index contributed by atoms with van der Waals surface area (Å²) >= 11 is 0. The van der Waals surface area contributed by atoms with Crippen LogP contribution >= 0.6 is 0 Å². The number of allylic oxidation sites excluding steroid dienone is 10. The van der Waals surface area contributed by atoms with Crippen LogP contribution in [0.5, 0.6) is 0 Å². The predicted octanol–water partition coefficient (Wildman–Crippen LogP) is 20.4. The van der Waals surface area contributed by atoms with Crippen molar-refractivity contribution in [3.8, 4) is 0 Å². The molecular weight excluding hydrogens is 865 g/mol. The number of hydrogen-bond donors (Lipinski definition) is 0. The zero-order valence-electron chi connectivity index (χ0n) is 46.5. The SMILES string of the molecule is CC/C=C\C/C=C\C/C=C\C/C=C\CCCCCCCCC(=O)OCC(COC(=O)CCCCCCC/C=C\CCCCCCCC)OC(=O)CCCCCCCCCCCCCCCCCCCC. The van der Waals surface area contributed by atoms with E-state index in [9.17, 15) is 14.4 Å². The minimum absolute atomic E-state index is 0.0804. The molecule has 0 amide bonds. The molecule has 70 heavy (non-hydrogen) atoms. The smallest absolute Gasteiger partial charge is 0.306 e. The van der Waals surface area contributed by atoms with Gasteiger partial charge in [-0.1, -0.05) is 268 Å². The first-order valence-electron chi connectivity index (χ1n) is 30.3. The number of hydrogen-bond acceptors (Lipinski definition) is 6. The molecule has 406 valence electrons. The van der Waals surface area contributed by atoms with Gasteiger partial charge >= 0.3 is 17.9 Å². The maximum Gasteiger partial charge on any atom is 0.306 e. The first-order chi connectivity index (χ1) is 34.5. The standard InChI is InChI=1S/C64H114O6/c1-4-7-10-13-16-19-22-25-28-30-32-34-36-39-42-45-48-51-54-57-63(66)69-60-61(59-68-62(65)56-53-50-47-44-41-38-35-27-24-21-18-15-12-9-6-3)70-64(67)58-55-52-49-46-43-40-37-33-31-29-26-23-20-17-14-11-8-5-2/h7,10,16,19,25,27-28,32,34-35,61H,4-6,8-9,11-15,17-18,20-24,26,29-31,33,36-60H2,1-3H3/b10-7-,19-16-,28-25-,34-32-,35-27-. The van der Waals surface area contributed by atoms with Crippen molar-refractivity contribution in [1.29, 1.82) is 0 Å². The van der Waals surface area contributed by atoms with Gasteiger partial charge in [-0.15, -0.1) is 0 Å². The Hall–Kier alpha value is -2.89. The highest BCUT2D eigenvalue weighted by Gasteiger charge is 2.19. The molecule has 0 aromatic heterocycles. The Balaban J connectivity index is 4.38. The summed E-state index contributed by atoms with van der Waals surface area (Å²) in [5.74, 6) is -0.886. The highest BCUT2D eigenvalue weighted by molar-refractivity contribution is 5.71. The van der Waals surface area contributed by atoms with Crippen LogP contribution in [-0.4, -0.2) is 37.2 Å². The van der Waals surface area contributed by atoms with Gasteiger partial charge in [-0.3, -0.25) is 14.4 Å². The van der Waals surface area contributed by atoms with Crippen LogP contribution in [0.2, 0.25) is 0 Å². The molecule has 0 aliphatic rings. The summed E-state index contributed by atoms with van der Waals surface area (Å²) in [5.41, 5.74) is 0. The quantitative estimate of drug-likeness (QED) is 0.0261. The summed E-state index contributed by atoms with van der Waals surface area (Å²) in [5, 5.41) is 0. The Morgan fingerprint density at radius 2 is 0.557 bits per heavy atom. The summed E-state index contributed by atoms with van der Waals surface area (Å²) in [6, 6.07) is 0. The summed E-state index contributed by atoms with van der Waals surface area (Å²) in [6.07, 6.45) is 73.5. The topological polar surface area (TPSA) is 78.9 Å². The van der Waals surface area contributed by atoms with Crippen LogP contribution in [0.25, 0.3) is 0 Å². The van der Waals surface area contributed by atoms with Crippen LogP contribution in [-0.2, 0) is 28.6 Å². The molecule has 0 rings (SSSR count). The molecule has 6 nitrogen and oxygen atoms in total. The Morgan fingerprint density at radius 3 is 0.886 bits per heavy atom. The van der Waals surface area contributed by atoms with E-state index in [4.69, 9.17) is 14.2 Å². The third kappa shape index (κ3) is 56.0. The highest BCUT2D eigenvalue weighted by Crippen LogP contribution is 2.17. The Bertz CT molecular complexity index is 1260. The fraction of sp³-hybridized carbons (Fsp3) is 0.797. The summed E-state index contributed by atoms with van der Waals surface area (Å²) in [6.45, 7) is 6.54. The van der Waals surface area contributed by atoms with Crippen molar-refractivity contribution in [3.63, 3.8) is 0 Å². The second-order valence-corrected chi connectivity index (χ2v) is 20.2. The summed E-state index contributed by atoms with van der Waals surface area (Å²) in [4.78, 5) is 38.2. The molecule has 0 saturated carbocycles. The molecule has 0 saturated heterocycles. The maximum atomic E-state index is 12.9. The average Bonchev–Trinajstić information content (AvgIpc) is 3.36. The predicted molar refractivity (Wildman–Crippen MR) is 302 cm³/mol. The van der Waals surface area contributed by atoms with Crippen molar-refractivity contribution in [2.75, 3.05) is 13.2 Å². The Morgan fingerprint density at radius 1 is 0.300 bits per heavy atom. The van der Waals surface area contributed by atoms with E-state index in [-0.39, 0.29) is 31.1 Å². The van der Waals surface area contributed by atoms with Crippen LogP contribution in [0.3, 0.4) is 0 Å². The maximum absolute atomic E-state index is 12.9. The number of esters is 3. The molecule has 0 aromatic carbocycles. The number of carbonyl (C=O) groups excluding carboxylic acids is 3. The van der Waals surface area contributed by atoms with E-state index in [2.05, 4.69) is 81.5 Å². The van der Waals surface area contributed by atoms with E-state index < -0.39 is 6.10 Å². The van der Waals surface area contributed by atoms with Gasteiger partial charge in [0, 0.05) is 19.3 Å². The number of ether oxygens (including phenoxy) is 3. The van der Waals surface area contributed by atoms with E-state index >= 15 is 0 Å². The molecule has 1 atom stereocenters. The van der Waals surface area contributed by atoms with Crippen LogP contribution < -0.4 is 0 Å². The second kappa shape index (κ2) is 58.7. The molecule has 0 aromatic rings. The van der Waals surface area contributed by atoms with Gasteiger partial charge in [0.25, 0.3) is 0 Å². The van der Waals surface area contributed by atoms with Gasteiger partial charge in [-0.05, 0) is 83.5 Å². The molecule has 0 aliphatic carbocycles. The van der Waals surface area contributed by atoms with E-state index in [0.29, 0.717) is 19.3 Å². The molecule has 1 unspecified atom stereocenters. The van der Waals surface area contributed by atoms with Gasteiger partial charge in [-0.2, -0.15) is 0 Å². The molecule has 6 heteroatoms. The fourth-order valence-electron chi connectivity index (χ4n) is 8.72. The minimum atomic E-state index is -0.782. The first kappa shape index (κ1) is 67.1. The van der Waals surface area contributed by atoms with Crippen LogP contribution in [0.4, 0.5) is 0 Å². The summed E-state index contributed by atoms with van der Waals surface area (Å²) in [7, 11) is 0. The lowest BCUT2D eigenvalue weighted by Crippen LogP contribution is -2.30. The van der Waals surface area contributed by atoms with E-state index in [1.807, 2.05) is 0 Å². The number of carbonyl (C=O) groups is 3. The monoisotopic (exact) mass is 979 g/mol. The number of unbranched alkanes of at least 4 members (excludes halogenated alkanes) is 34. The second-order valence-electron chi connectivity index (χ2n) is 20.2. The van der Waals surface area contributed by atoms with E-state index in [0.717, 1.165) is 96.3 Å². The molecule has 0 bridgehead atoms. The largest absolute Gasteiger partial charge is 0.462 e. The molecule has 0 spiro atoms. The van der Waals surface area contributed by atoms with Gasteiger partial charge in [0.05, 0.1) is 0 Å². The third-order valence-electron chi connectivity index (χ3n) is 13.3. The van der Waals surface area contributed by atoms with Gasteiger partial charge in [0.1, 0.15) is 13.2 Å². The van der Waals surface area contributed by atoms with Gasteiger partial charge in [0.15, 0.2) is 6.10 Å². The molecule has 0 fully saturated rings. The normalized spacial score (nSPS) is 12.4. The van der Waals surface area contributed by atoms with Crippen LogP contribution in [0.15, 0.2) is 60.8 Å². The Labute approximate surface area is 434 Å². The van der Waals surface area contributed by atoms with Gasteiger partial charge in [-0.25, -0.2) is 0 Å². The van der Waals surface area contributed by atoms with Crippen molar-refractivity contribution in [3.05, 3.63) is 60.8 Å². The molecule has 0 aliphatic heterocycles. The Kier molecular flexibility index (Phi) is 56.3. The number of rotatable bonds is 55. The lowest BCUT2D eigenvalue weighted by Gasteiger charge is -2.18. The summed E-state index contributed by atoms with van der Waals surface area (Å²) < 4.78 is 16.9. The van der Waals surface area contributed by atoms with Crippen molar-refractivity contribution < 1.29 is 28.6 Å². The highest BCUT2D eigenvalue weighted by atomic mass is 16.6. The van der Waals surface area contributed by atoms with Crippen molar-refractivity contribution >= 4 is 17.9 Å². The van der Waals surface area contributed by atoms with Crippen molar-refractivity contribution in [1.82, 2.24) is 0 Å². The zero-order chi connectivity index (χ0) is 50.7.